The minimum atomic E-state index is -4.40. The molecule has 0 atom stereocenters. The molecule has 0 bridgehead atoms. The summed E-state index contributed by atoms with van der Waals surface area (Å²) < 4.78 is 31.6. The van der Waals surface area contributed by atoms with Gasteiger partial charge in [0.2, 0.25) is 0 Å². The first-order valence-corrected chi connectivity index (χ1v) is 2.05. The summed E-state index contributed by atoms with van der Waals surface area (Å²) in [6.07, 6.45) is -4.40. The van der Waals surface area contributed by atoms with Crippen molar-refractivity contribution in [3.63, 3.8) is 0 Å². The lowest BCUT2D eigenvalue weighted by molar-refractivity contribution is -0.445. The van der Waals surface area contributed by atoms with Crippen molar-refractivity contribution in [1.29, 1.82) is 0 Å². The van der Waals surface area contributed by atoms with Gasteiger partial charge in [-0.25, -0.2) is 0 Å². The van der Waals surface area contributed by atoms with Crippen molar-refractivity contribution in [3.05, 3.63) is 10.1 Å². The number of aliphatic hydroxyl groups is 1. The predicted molar refractivity (Wildman–Crippen MR) is 26.1 cm³/mol. The third-order valence-corrected chi connectivity index (χ3v) is 0.179. The van der Waals surface area contributed by atoms with E-state index in [1.54, 1.807) is 0 Å². The van der Waals surface area contributed by atoms with E-state index in [-0.39, 0.29) is 0 Å². The molecule has 1 N–H and O–H groups in total. The van der Waals surface area contributed by atoms with E-state index in [0.717, 1.165) is 7.05 Å². The van der Waals surface area contributed by atoms with Crippen LogP contribution >= 0.6 is 0 Å². The predicted octanol–water partition coefficient (Wildman–Crippen LogP) is 0.434. The Morgan fingerprint density at radius 2 is 1.70 bits per heavy atom. The zero-order valence-corrected chi connectivity index (χ0v) is 5.05. The van der Waals surface area contributed by atoms with Crippen LogP contribution in [0.3, 0.4) is 0 Å². The largest absolute Gasteiger partial charge is 0.411 e. The topological polar surface area (TPSA) is 63.4 Å². The van der Waals surface area contributed by atoms with Crippen LogP contribution in [0.4, 0.5) is 13.2 Å². The molecule has 0 spiro atoms. The van der Waals surface area contributed by atoms with Gasteiger partial charge < -0.3 is 5.11 Å². The fraction of sp³-hybridized carbons (Fsp3) is 1.00. The average molecular weight is 161 g/mol. The van der Waals surface area contributed by atoms with Crippen molar-refractivity contribution < 1.29 is 23.2 Å². The third-order valence-electron chi connectivity index (χ3n) is 0.179. The van der Waals surface area contributed by atoms with Crippen molar-refractivity contribution in [2.45, 2.75) is 6.18 Å². The highest BCUT2D eigenvalue weighted by molar-refractivity contribution is 4.39. The highest BCUT2D eigenvalue weighted by Crippen LogP contribution is 2.11. The molecule has 0 aromatic carbocycles. The van der Waals surface area contributed by atoms with Gasteiger partial charge in [0, 0.05) is 4.92 Å². The molecule has 0 aromatic rings. The number of nitrogens with zero attached hydrogens (tertiary/aromatic N) is 1. The average Bonchev–Trinajstić information content (AvgIpc) is 1.63. The first-order chi connectivity index (χ1) is 4.29. The summed E-state index contributed by atoms with van der Waals surface area (Å²) in [5.41, 5.74) is 0. The minimum absolute atomic E-state index is 0.500. The maximum atomic E-state index is 10.5. The zero-order chi connectivity index (χ0) is 8.78. The Hall–Kier alpha value is -0.850. The van der Waals surface area contributed by atoms with Crippen molar-refractivity contribution in [2.24, 2.45) is 0 Å². The molecule has 0 saturated carbocycles. The van der Waals surface area contributed by atoms with Gasteiger partial charge in [-0.1, -0.05) is 0 Å². The number of halogens is 3. The van der Waals surface area contributed by atoms with Gasteiger partial charge in [0.15, 0.2) is 7.05 Å². The standard InChI is InChI=1S/C2H3F3O.CH3NO2/c3-2(4,5)1-6;1-2(3)4/h6H,1H2;1H3. The number of aliphatic hydroxyl groups excluding tert-OH is 1. The van der Waals surface area contributed by atoms with Gasteiger partial charge in [0.05, 0.1) is 0 Å². The van der Waals surface area contributed by atoms with Crippen molar-refractivity contribution >= 4 is 0 Å². The molecule has 7 heteroatoms. The number of rotatable bonds is 0. The second-order valence-electron chi connectivity index (χ2n) is 1.21. The summed E-state index contributed by atoms with van der Waals surface area (Å²) in [7, 11) is 0.889. The SMILES string of the molecule is C[N+](=O)[O-].OCC(F)(F)F. The molecule has 4 nitrogen and oxygen atoms in total. The fourth-order valence-corrected chi connectivity index (χ4v) is 0. The van der Waals surface area contributed by atoms with Crippen LogP contribution in [0.15, 0.2) is 0 Å². The first-order valence-electron chi connectivity index (χ1n) is 2.05. The van der Waals surface area contributed by atoms with Crippen LogP contribution in [0.1, 0.15) is 0 Å². The van der Waals surface area contributed by atoms with Crippen LogP contribution in [0.25, 0.3) is 0 Å². The van der Waals surface area contributed by atoms with E-state index in [9.17, 15) is 13.2 Å². The Bertz CT molecular complexity index is 97.7. The van der Waals surface area contributed by atoms with Crippen LogP contribution in [0.5, 0.6) is 0 Å². The van der Waals surface area contributed by atoms with Gasteiger partial charge in [-0.15, -0.1) is 0 Å². The molecule has 0 radical (unpaired) electrons. The number of hydrogen-bond acceptors (Lipinski definition) is 3. The van der Waals surface area contributed by atoms with Gasteiger partial charge in [-0.3, -0.25) is 10.1 Å². The van der Waals surface area contributed by atoms with Crippen molar-refractivity contribution in [3.8, 4) is 0 Å². The van der Waals surface area contributed by atoms with Gasteiger partial charge >= 0.3 is 6.18 Å². The molecule has 62 valence electrons. The maximum absolute atomic E-state index is 10.5. The summed E-state index contributed by atoms with van der Waals surface area (Å²) in [5.74, 6) is 0. The van der Waals surface area contributed by atoms with E-state index in [1.807, 2.05) is 0 Å². The number of alkyl halides is 3. The lowest BCUT2D eigenvalue weighted by Gasteiger charge is -1.95. The molecule has 0 aliphatic carbocycles. The molecule has 0 rings (SSSR count). The lowest BCUT2D eigenvalue weighted by Crippen LogP contribution is -2.12. The van der Waals surface area contributed by atoms with E-state index < -0.39 is 17.7 Å². The van der Waals surface area contributed by atoms with E-state index in [2.05, 4.69) is 0 Å². The second-order valence-corrected chi connectivity index (χ2v) is 1.21. The van der Waals surface area contributed by atoms with Crippen LogP contribution in [0, 0.1) is 10.1 Å². The molecular weight excluding hydrogens is 155 g/mol. The number of nitro groups is 1. The van der Waals surface area contributed by atoms with Crippen LogP contribution in [-0.2, 0) is 0 Å². The quantitative estimate of drug-likeness (QED) is 0.414. The first kappa shape index (κ1) is 11.9. The van der Waals surface area contributed by atoms with Crippen LogP contribution in [0.2, 0.25) is 0 Å². The maximum Gasteiger partial charge on any atom is 0.411 e. The zero-order valence-electron chi connectivity index (χ0n) is 5.05. The molecule has 0 amide bonds. The molecule has 10 heavy (non-hydrogen) atoms. The second kappa shape index (κ2) is 4.98. The summed E-state index contributed by atoms with van der Waals surface area (Å²) in [4.78, 5) is 8.31. The summed E-state index contributed by atoms with van der Waals surface area (Å²) in [5, 5.41) is 16.1. The van der Waals surface area contributed by atoms with Crippen LogP contribution < -0.4 is 0 Å². The smallest absolute Gasteiger partial charge is 0.387 e. The van der Waals surface area contributed by atoms with Crippen LogP contribution in [-0.4, -0.2) is 29.9 Å². The van der Waals surface area contributed by atoms with E-state index in [4.69, 9.17) is 15.2 Å². The lowest BCUT2D eigenvalue weighted by atomic mass is 10.7. The highest BCUT2D eigenvalue weighted by atomic mass is 19.4. The normalized spacial score (nSPS) is 9.70. The molecule has 0 heterocycles. The Balaban J connectivity index is 0. The number of hydrogen-bond donors (Lipinski definition) is 1. The van der Waals surface area contributed by atoms with E-state index >= 15 is 0 Å². The van der Waals surface area contributed by atoms with E-state index in [1.165, 1.54) is 0 Å². The fourth-order valence-electron chi connectivity index (χ4n) is 0. The minimum Gasteiger partial charge on any atom is -0.387 e. The Morgan fingerprint density at radius 3 is 1.70 bits per heavy atom. The van der Waals surface area contributed by atoms with Gasteiger partial charge in [-0.2, -0.15) is 13.2 Å². The molecule has 0 aliphatic rings. The van der Waals surface area contributed by atoms with E-state index in [0.29, 0.717) is 0 Å². The monoisotopic (exact) mass is 161 g/mol. The molecule has 0 aromatic heterocycles. The van der Waals surface area contributed by atoms with Gasteiger partial charge in [0.25, 0.3) is 0 Å². The highest BCUT2D eigenvalue weighted by Gasteiger charge is 2.24. The third kappa shape index (κ3) is 58.5. The molecule has 0 unspecified atom stereocenters. The van der Waals surface area contributed by atoms with Gasteiger partial charge in [0.1, 0.15) is 6.61 Å². The molecule has 0 aliphatic heterocycles. The van der Waals surface area contributed by atoms with Gasteiger partial charge in [-0.05, 0) is 0 Å². The molecule has 0 fully saturated rings. The Labute approximate surface area is 54.4 Å². The summed E-state index contributed by atoms with van der Waals surface area (Å²) >= 11 is 0. The Kier molecular flexibility index (Phi) is 5.92. The molecular formula is C3H6F3NO3. The Morgan fingerprint density at radius 1 is 1.60 bits per heavy atom. The summed E-state index contributed by atoms with van der Waals surface area (Å²) in [6.45, 7) is -1.73. The van der Waals surface area contributed by atoms with Crippen molar-refractivity contribution in [1.82, 2.24) is 0 Å². The van der Waals surface area contributed by atoms with Crippen molar-refractivity contribution in [2.75, 3.05) is 13.7 Å². The molecule has 0 saturated heterocycles. The summed E-state index contributed by atoms with van der Waals surface area (Å²) in [6, 6.07) is 0.